The van der Waals surface area contributed by atoms with E-state index in [4.69, 9.17) is 18.2 Å². The van der Waals surface area contributed by atoms with E-state index in [0.29, 0.717) is 0 Å². The predicted molar refractivity (Wildman–Crippen MR) is 56.3 cm³/mol. The van der Waals surface area contributed by atoms with Crippen molar-refractivity contribution in [2.24, 2.45) is 0 Å². The van der Waals surface area contributed by atoms with Crippen LogP contribution in [0.5, 0.6) is 0 Å². The second-order valence-electron chi connectivity index (χ2n) is 2.61. The lowest BCUT2D eigenvalue weighted by Gasteiger charge is -2.24. The summed E-state index contributed by atoms with van der Waals surface area (Å²) < 4.78 is 4.08. The highest BCUT2D eigenvalue weighted by atomic mass is 32.9. The quantitative estimate of drug-likeness (QED) is 0.359. The van der Waals surface area contributed by atoms with E-state index in [1.165, 1.54) is 0 Å². The van der Waals surface area contributed by atoms with E-state index in [2.05, 4.69) is 22.8 Å². The summed E-state index contributed by atoms with van der Waals surface area (Å²) in [5.74, 6) is 2.70. The Morgan fingerprint density at radius 1 is 1.73 bits per heavy atom. The Morgan fingerprint density at radius 3 is 2.45 bits per heavy atom. The molecule has 0 aliphatic carbocycles. The highest BCUT2D eigenvalue weighted by Crippen LogP contribution is 2.60. The molecule has 0 N–H and O–H groups in total. The van der Waals surface area contributed by atoms with Crippen molar-refractivity contribution in [1.82, 2.24) is 9.34 Å². The van der Waals surface area contributed by atoms with Crippen LogP contribution in [0.1, 0.15) is 0 Å². The highest BCUT2D eigenvalue weighted by molar-refractivity contribution is 8.61. The summed E-state index contributed by atoms with van der Waals surface area (Å²) in [6, 6.07) is 0.142. The smallest absolute Gasteiger partial charge is 0.130 e. The molecule has 1 rings (SSSR count). The van der Waals surface area contributed by atoms with Crippen molar-refractivity contribution < 1.29 is 0 Å². The molecule has 0 bridgehead atoms. The zero-order valence-corrected chi connectivity index (χ0v) is 9.16. The minimum absolute atomic E-state index is 0.142. The molecule has 1 saturated heterocycles. The van der Waals surface area contributed by atoms with Crippen molar-refractivity contribution >= 4 is 29.6 Å². The summed E-state index contributed by atoms with van der Waals surface area (Å²) in [6.45, 7) is 0.841. The van der Waals surface area contributed by atoms with E-state index >= 15 is 0 Å². The van der Waals surface area contributed by atoms with E-state index in [0.717, 1.165) is 6.54 Å². The van der Waals surface area contributed by atoms with Gasteiger partial charge < -0.3 is 0 Å². The minimum atomic E-state index is -1.75. The average Bonchev–Trinajstić information content (AvgIpc) is 2.14. The second kappa shape index (κ2) is 3.08. The summed E-state index contributed by atoms with van der Waals surface area (Å²) in [7, 11) is 3.92. The van der Waals surface area contributed by atoms with Crippen LogP contribution < -0.4 is 0 Å². The Morgan fingerprint density at radius 2 is 2.27 bits per heavy atom. The van der Waals surface area contributed by atoms with Crippen molar-refractivity contribution in [3.63, 3.8) is 0 Å². The van der Waals surface area contributed by atoms with Gasteiger partial charge >= 0.3 is 0 Å². The van der Waals surface area contributed by atoms with E-state index < -0.39 is 5.54 Å². The molecule has 0 aromatic rings. The third kappa shape index (κ3) is 1.49. The largest absolute Gasteiger partial charge is 0.256 e. The molecule has 11 heavy (non-hydrogen) atoms. The lowest BCUT2D eigenvalue weighted by molar-refractivity contribution is 0.483. The number of likely N-dealkylation sites (N-methyl/N-ethyl adjacent to an activating group) is 2. The number of thiol groups is 1. The van der Waals surface area contributed by atoms with Gasteiger partial charge in [0.15, 0.2) is 0 Å². The first-order valence-electron chi connectivity index (χ1n) is 3.24. The SMILES string of the molecule is C#CC1CN(C)P(=S)(S)N1C. The van der Waals surface area contributed by atoms with E-state index in [-0.39, 0.29) is 6.04 Å². The molecule has 0 amide bonds. The van der Waals surface area contributed by atoms with Gasteiger partial charge in [0.1, 0.15) is 5.54 Å². The lowest BCUT2D eigenvalue weighted by Crippen LogP contribution is -2.21. The Labute approximate surface area is 78.2 Å². The van der Waals surface area contributed by atoms with Crippen LogP contribution in [0.2, 0.25) is 0 Å². The highest BCUT2D eigenvalue weighted by Gasteiger charge is 2.36. The Bertz CT molecular complexity index is 247. The van der Waals surface area contributed by atoms with E-state index in [1.54, 1.807) is 0 Å². The molecular formula is C6H11N2PS2. The van der Waals surface area contributed by atoms with Gasteiger partial charge in [0, 0.05) is 6.54 Å². The maximum absolute atomic E-state index is 5.33. The molecule has 5 heteroatoms. The predicted octanol–water partition coefficient (Wildman–Crippen LogP) is 1.02. The van der Waals surface area contributed by atoms with Gasteiger partial charge in [-0.05, 0) is 14.1 Å². The molecule has 1 aliphatic rings. The molecule has 1 aliphatic heterocycles. The summed E-state index contributed by atoms with van der Waals surface area (Å²) in [6.07, 6.45) is 5.33. The fraction of sp³-hybridized carbons (Fsp3) is 0.667. The molecular weight excluding hydrogens is 195 g/mol. The van der Waals surface area contributed by atoms with Crippen molar-refractivity contribution in [1.29, 1.82) is 0 Å². The van der Waals surface area contributed by atoms with Gasteiger partial charge in [0.25, 0.3) is 0 Å². The Hall–Kier alpha value is 0.480. The first-order chi connectivity index (χ1) is 5.00. The number of rotatable bonds is 0. The van der Waals surface area contributed by atoms with Crippen molar-refractivity contribution in [2.75, 3.05) is 20.6 Å². The molecule has 0 aromatic heterocycles. The van der Waals surface area contributed by atoms with Crippen molar-refractivity contribution in [3.8, 4) is 12.3 Å². The van der Waals surface area contributed by atoms with Crippen LogP contribution in [-0.4, -0.2) is 36.0 Å². The first kappa shape index (κ1) is 9.57. The molecule has 0 spiro atoms. The fourth-order valence-electron chi connectivity index (χ4n) is 1.06. The molecule has 0 radical (unpaired) electrons. The number of hydrogen-bond acceptors (Lipinski definition) is 1. The molecule has 2 atom stereocenters. The van der Waals surface area contributed by atoms with Crippen molar-refractivity contribution in [2.45, 2.75) is 6.04 Å². The van der Waals surface area contributed by atoms with Crippen LogP contribution in [0.3, 0.4) is 0 Å². The monoisotopic (exact) mass is 206 g/mol. The van der Waals surface area contributed by atoms with Crippen LogP contribution in [0.15, 0.2) is 0 Å². The van der Waals surface area contributed by atoms with Gasteiger partial charge in [-0.3, -0.25) is 4.67 Å². The zero-order valence-electron chi connectivity index (χ0n) is 6.56. The third-order valence-corrected chi connectivity index (χ3v) is 7.46. The Kier molecular flexibility index (Phi) is 2.68. The summed E-state index contributed by atoms with van der Waals surface area (Å²) in [5, 5.41) is 0. The molecule has 0 aromatic carbocycles. The van der Waals surface area contributed by atoms with Crippen LogP contribution in [0.25, 0.3) is 0 Å². The van der Waals surface area contributed by atoms with Crippen LogP contribution in [0, 0.1) is 12.3 Å². The van der Waals surface area contributed by atoms with Gasteiger partial charge in [0.05, 0.1) is 6.04 Å². The van der Waals surface area contributed by atoms with Gasteiger partial charge in [-0.25, -0.2) is 4.67 Å². The minimum Gasteiger partial charge on any atom is -0.256 e. The Balaban J connectivity index is 2.91. The van der Waals surface area contributed by atoms with E-state index in [9.17, 15) is 0 Å². The van der Waals surface area contributed by atoms with Crippen LogP contribution >= 0.6 is 17.8 Å². The number of hydrogen-bond donors (Lipinski definition) is 1. The van der Waals surface area contributed by atoms with Crippen LogP contribution in [-0.2, 0) is 11.8 Å². The lowest BCUT2D eigenvalue weighted by atomic mass is 10.3. The topological polar surface area (TPSA) is 6.48 Å². The molecule has 2 unspecified atom stereocenters. The fourth-order valence-corrected chi connectivity index (χ4v) is 3.54. The molecule has 1 fully saturated rings. The zero-order chi connectivity index (χ0) is 8.65. The summed E-state index contributed by atoms with van der Waals surface area (Å²) in [4.78, 5) is 0. The maximum atomic E-state index is 5.33. The van der Waals surface area contributed by atoms with Gasteiger partial charge in [-0.15, -0.1) is 18.7 Å². The molecule has 1 heterocycles. The first-order valence-corrected chi connectivity index (χ1v) is 7.10. The third-order valence-electron chi connectivity index (χ3n) is 1.94. The number of terminal acetylenes is 1. The standard InChI is InChI=1S/C6H11N2PS2/c1-4-6-5-7(2)9(10,11)8(6)3/h1,6H,5H2,2-3H3,(H,10,11). The van der Waals surface area contributed by atoms with Gasteiger partial charge in [-0.1, -0.05) is 17.7 Å². The average molecular weight is 206 g/mol. The summed E-state index contributed by atoms with van der Waals surface area (Å²) in [5.41, 5.74) is -1.75. The van der Waals surface area contributed by atoms with E-state index in [1.807, 2.05) is 18.8 Å². The van der Waals surface area contributed by atoms with Gasteiger partial charge in [0.2, 0.25) is 0 Å². The molecule has 62 valence electrons. The maximum Gasteiger partial charge on any atom is 0.130 e. The molecule has 0 saturated carbocycles. The van der Waals surface area contributed by atoms with Crippen LogP contribution in [0.4, 0.5) is 0 Å². The van der Waals surface area contributed by atoms with Crippen molar-refractivity contribution in [3.05, 3.63) is 0 Å². The molecule has 2 nitrogen and oxygen atoms in total. The normalized spacial score (nSPS) is 40.7. The summed E-state index contributed by atoms with van der Waals surface area (Å²) >= 11 is 9.76. The second-order valence-corrected chi connectivity index (χ2v) is 8.96. The number of nitrogens with zero attached hydrogens (tertiary/aromatic N) is 2. The van der Waals surface area contributed by atoms with Gasteiger partial charge in [-0.2, -0.15) is 0 Å².